The topological polar surface area (TPSA) is 70.1 Å². The monoisotopic (exact) mass is 446 g/mol. The van der Waals surface area contributed by atoms with Gasteiger partial charge in [0.2, 0.25) is 4.80 Å². The Balaban J connectivity index is 1.55. The lowest BCUT2D eigenvalue weighted by Crippen LogP contribution is -2.05. The second-order valence-corrected chi connectivity index (χ2v) is 8.92. The lowest BCUT2D eigenvalue weighted by Gasteiger charge is -2.11. The maximum Gasteiger partial charge on any atom is 0.211 e. The Bertz CT molecular complexity index is 1340. The minimum absolute atomic E-state index is 0.476. The van der Waals surface area contributed by atoms with Gasteiger partial charge >= 0.3 is 0 Å². The van der Waals surface area contributed by atoms with Gasteiger partial charge in [0, 0.05) is 17.3 Å². The normalized spacial score (nSPS) is 14.2. The Morgan fingerprint density at radius 3 is 2.75 bits per heavy atom. The number of aromatic nitrogens is 5. The number of nitrogens with zero attached hydrogens (tertiary/aromatic N) is 6. The van der Waals surface area contributed by atoms with E-state index in [1.807, 2.05) is 41.3 Å². The zero-order valence-corrected chi connectivity index (χ0v) is 19.6. The van der Waals surface area contributed by atoms with Crippen LogP contribution in [0.2, 0.25) is 0 Å². The summed E-state index contributed by atoms with van der Waals surface area (Å²) >= 11 is 1.53. The minimum Gasteiger partial charge on any atom is -0.495 e. The molecule has 7 nitrogen and oxygen atoms in total. The molecule has 0 atom stereocenters. The van der Waals surface area contributed by atoms with Crippen molar-refractivity contribution in [3.63, 3.8) is 0 Å². The second-order valence-electron chi connectivity index (χ2n) is 8.05. The van der Waals surface area contributed by atoms with E-state index in [9.17, 15) is 0 Å². The van der Waals surface area contributed by atoms with E-state index < -0.39 is 0 Å². The van der Waals surface area contributed by atoms with Gasteiger partial charge in [0.15, 0.2) is 5.82 Å². The first kappa shape index (κ1) is 20.6. The van der Waals surface area contributed by atoms with Gasteiger partial charge in [0.1, 0.15) is 5.75 Å². The third kappa shape index (κ3) is 3.86. The first-order valence-corrected chi connectivity index (χ1v) is 11.7. The van der Waals surface area contributed by atoms with Crippen LogP contribution < -0.4 is 9.54 Å². The highest BCUT2D eigenvalue weighted by Gasteiger charge is 2.28. The Morgan fingerprint density at radius 2 is 2.06 bits per heavy atom. The molecule has 0 amide bonds. The van der Waals surface area contributed by atoms with Crippen molar-refractivity contribution in [1.82, 2.24) is 24.3 Å². The molecule has 5 rings (SSSR count). The average Bonchev–Trinajstić information content (AvgIpc) is 3.50. The molecule has 164 valence electrons. The van der Waals surface area contributed by atoms with Crippen LogP contribution in [0.1, 0.15) is 42.8 Å². The fraction of sp³-hybridized carbons (Fsp3) is 0.333. The molecule has 1 fully saturated rings. The van der Waals surface area contributed by atoms with E-state index in [4.69, 9.17) is 19.8 Å². The molecule has 3 aromatic heterocycles. The Kier molecular flexibility index (Phi) is 5.38. The first-order chi connectivity index (χ1) is 15.6. The fourth-order valence-corrected chi connectivity index (χ4v) is 4.44. The van der Waals surface area contributed by atoms with Crippen molar-refractivity contribution < 1.29 is 4.74 Å². The van der Waals surface area contributed by atoms with Crippen molar-refractivity contribution in [3.8, 4) is 22.7 Å². The van der Waals surface area contributed by atoms with Crippen LogP contribution >= 0.6 is 11.3 Å². The lowest BCUT2D eigenvalue weighted by molar-refractivity contribution is 0.413. The smallest absolute Gasteiger partial charge is 0.211 e. The summed E-state index contributed by atoms with van der Waals surface area (Å²) in [6.45, 7) is 6.22. The van der Waals surface area contributed by atoms with E-state index in [2.05, 4.69) is 29.6 Å². The quantitative estimate of drug-likeness (QED) is 0.420. The Morgan fingerprint density at radius 1 is 1.22 bits per heavy atom. The van der Waals surface area contributed by atoms with Crippen molar-refractivity contribution >= 4 is 17.2 Å². The van der Waals surface area contributed by atoms with E-state index in [-0.39, 0.29) is 0 Å². The fourth-order valence-electron chi connectivity index (χ4n) is 3.83. The first-order valence-electron chi connectivity index (χ1n) is 10.8. The molecule has 0 unspecified atom stereocenters. The van der Waals surface area contributed by atoms with Gasteiger partial charge in [-0.25, -0.2) is 14.6 Å². The Hall–Kier alpha value is -3.26. The van der Waals surface area contributed by atoms with Crippen molar-refractivity contribution in [2.24, 2.45) is 4.99 Å². The molecule has 3 heterocycles. The number of aryl methyl sites for hydroxylation is 2. The number of ether oxygens (including phenoxy) is 1. The van der Waals surface area contributed by atoms with Gasteiger partial charge in [-0.1, -0.05) is 13.0 Å². The summed E-state index contributed by atoms with van der Waals surface area (Å²) in [4.78, 5) is 14.8. The van der Waals surface area contributed by atoms with E-state index in [0.717, 1.165) is 56.7 Å². The molecule has 0 aliphatic heterocycles. The molecule has 8 heteroatoms. The Labute approximate surface area is 191 Å². The molecule has 0 bridgehead atoms. The van der Waals surface area contributed by atoms with Gasteiger partial charge in [-0.2, -0.15) is 10.1 Å². The summed E-state index contributed by atoms with van der Waals surface area (Å²) in [7, 11) is 1.68. The van der Waals surface area contributed by atoms with E-state index in [1.165, 1.54) is 24.2 Å². The molecular formula is C24H26N6OS. The highest BCUT2D eigenvalue weighted by molar-refractivity contribution is 7.06. The highest BCUT2D eigenvalue weighted by Crippen LogP contribution is 2.39. The van der Waals surface area contributed by atoms with Gasteiger partial charge in [0.25, 0.3) is 0 Å². The van der Waals surface area contributed by atoms with E-state index in [1.54, 1.807) is 13.4 Å². The highest BCUT2D eigenvalue weighted by atomic mass is 32.1. The van der Waals surface area contributed by atoms with Gasteiger partial charge in [-0.05, 0) is 56.7 Å². The zero-order valence-electron chi connectivity index (χ0n) is 18.7. The molecule has 1 aliphatic rings. The standard InChI is InChI=1S/C24H26N6OS/c1-5-19-16(3)23(30(28-19)18-7-8-18)27-24-26-20(10-11-32-24)17-6-9-21(22(12-17)31-4)29-13-15(2)25-14-29/h6,9-14,18H,5,7-8H2,1-4H3. The van der Waals surface area contributed by atoms with Crippen LogP contribution in [0.25, 0.3) is 16.9 Å². The summed E-state index contributed by atoms with van der Waals surface area (Å²) < 4.78 is 9.73. The van der Waals surface area contributed by atoms with E-state index >= 15 is 0 Å². The number of rotatable bonds is 6. The molecule has 32 heavy (non-hydrogen) atoms. The number of methoxy groups -OCH3 is 1. The van der Waals surface area contributed by atoms with Crippen LogP contribution in [0.15, 0.2) is 47.2 Å². The molecule has 1 saturated carbocycles. The van der Waals surface area contributed by atoms with Crippen LogP contribution in [0.5, 0.6) is 5.75 Å². The SMILES string of the molecule is CCc1nn(C2CC2)c(N=c2nc(-c3ccc(-n4cnc(C)c4)c(OC)c3)ccs2)c1C. The van der Waals surface area contributed by atoms with Crippen LogP contribution in [-0.4, -0.2) is 31.4 Å². The van der Waals surface area contributed by atoms with Gasteiger partial charge < -0.3 is 9.30 Å². The van der Waals surface area contributed by atoms with Crippen molar-refractivity contribution in [2.45, 2.75) is 46.1 Å². The average molecular weight is 447 g/mol. The third-order valence-electron chi connectivity index (χ3n) is 5.72. The zero-order chi connectivity index (χ0) is 22.2. The van der Waals surface area contributed by atoms with Gasteiger partial charge in [0.05, 0.1) is 42.2 Å². The largest absolute Gasteiger partial charge is 0.495 e. The molecule has 0 N–H and O–H groups in total. The minimum atomic E-state index is 0.476. The maximum atomic E-state index is 5.67. The van der Waals surface area contributed by atoms with Gasteiger partial charge in [-0.3, -0.25) is 0 Å². The van der Waals surface area contributed by atoms with Crippen LogP contribution in [-0.2, 0) is 6.42 Å². The van der Waals surface area contributed by atoms with Gasteiger partial charge in [-0.15, -0.1) is 11.3 Å². The van der Waals surface area contributed by atoms with Crippen LogP contribution in [0.4, 0.5) is 5.82 Å². The van der Waals surface area contributed by atoms with E-state index in [0.29, 0.717) is 6.04 Å². The molecule has 0 spiro atoms. The van der Waals surface area contributed by atoms with Crippen molar-refractivity contribution in [3.05, 3.63) is 63.9 Å². The summed E-state index contributed by atoms with van der Waals surface area (Å²) in [5, 5.41) is 6.84. The summed E-state index contributed by atoms with van der Waals surface area (Å²) in [5.74, 6) is 1.71. The summed E-state index contributed by atoms with van der Waals surface area (Å²) in [6.07, 6.45) is 7.03. The summed E-state index contributed by atoms with van der Waals surface area (Å²) in [6, 6.07) is 8.59. The van der Waals surface area contributed by atoms with Crippen molar-refractivity contribution in [2.75, 3.05) is 7.11 Å². The predicted molar refractivity (Wildman–Crippen MR) is 126 cm³/mol. The van der Waals surface area contributed by atoms with Crippen LogP contribution in [0.3, 0.4) is 0 Å². The summed E-state index contributed by atoms with van der Waals surface area (Å²) in [5.41, 5.74) is 6.01. The number of hydrogen-bond donors (Lipinski definition) is 0. The third-order valence-corrected chi connectivity index (χ3v) is 6.39. The van der Waals surface area contributed by atoms with Crippen LogP contribution in [0, 0.1) is 13.8 Å². The molecule has 1 aliphatic carbocycles. The second kappa shape index (κ2) is 8.35. The van der Waals surface area contributed by atoms with Crippen molar-refractivity contribution in [1.29, 1.82) is 0 Å². The maximum absolute atomic E-state index is 5.67. The number of benzene rings is 1. The number of imidazole rings is 1. The predicted octanol–water partition coefficient (Wildman–Crippen LogP) is 4.95. The molecular weight excluding hydrogens is 420 g/mol. The molecule has 1 aromatic carbocycles. The molecule has 4 aromatic rings. The lowest BCUT2D eigenvalue weighted by atomic mass is 10.1. The molecule has 0 radical (unpaired) electrons. The molecule has 0 saturated heterocycles. The number of hydrogen-bond acceptors (Lipinski definition) is 6.